The van der Waals surface area contributed by atoms with Crippen molar-refractivity contribution in [1.82, 2.24) is 10.2 Å². The zero-order valence-corrected chi connectivity index (χ0v) is 16.0. The predicted octanol–water partition coefficient (Wildman–Crippen LogP) is 4.13. The first-order valence-corrected chi connectivity index (χ1v) is 9.28. The van der Waals surface area contributed by atoms with Gasteiger partial charge in [0.15, 0.2) is 0 Å². The van der Waals surface area contributed by atoms with E-state index in [1.165, 1.54) is 0 Å². The SMILES string of the molecule is COc1ccc(-c2[nH]nc3c2C(c2ccc(Br)s2)C(C#N)=C(N)O3)cc1. The molecule has 1 unspecified atom stereocenters. The summed E-state index contributed by atoms with van der Waals surface area (Å²) in [5.74, 6) is 0.902. The Hall–Kier alpha value is -2.76. The highest BCUT2D eigenvalue weighted by Gasteiger charge is 2.36. The van der Waals surface area contributed by atoms with Gasteiger partial charge in [-0.25, -0.2) is 0 Å². The molecule has 26 heavy (non-hydrogen) atoms. The molecule has 0 bridgehead atoms. The lowest BCUT2D eigenvalue weighted by Crippen LogP contribution is -2.20. The van der Waals surface area contributed by atoms with Crippen molar-refractivity contribution in [3.8, 4) is 29.0 Å². The van der Waals surface area contributed by atoms with E-state index in [2.05, 4.69) is 32.2 Å². The van der Waals surface area contributed by atoms with Crippen LogP contribution in [-0.4, -0.2) is 17.3 Å². The van der Waals surface area contributed by atoms with E-state index in [-0.39, 0.29) is 11.8 Å². The Kier molecular flexibility index (Phi) is 4.18. The van der Waals surface area contributed by atoms with Gasteiger partial charge in [-0.15, -0.1) is 16.4 Å². The number of ether oxygens (including phenoxy) is 2. The largest absolute Gasteiger partial charge is 0.497 e. The minimum absolute atomic E-state index is 0.0855. The minimum atomic E-state index is -0.337. The maximum Gasteiger partial charge on any atom is 0.244 e. The van der Waals surface area contributed by atoms with E-state index in [1.807, 2.05) is 36.4 Å². The van der Waals surface area contributed by atoms with Crippen molar-refractivity contribution in [2.45, 2.75) is 5.92 Å². The third-order valence-electron chi connectivity index (χ3n) is 4.20. The summed E-state index contributed by atoms with van der Waals surface area (Å²) in [4.78, 5) is 0.983. The second kappa shape index (κ2) is 6.52. The van der Waals surface area contributed by atoms with E-state index in [1.54, 1.807) is 18.4 Å². The van der Waals surface area contributed by atoms with Crippen LogP contribution in [0.2, 0.25) is 0 Å². The van der Waals surface area contributed by atoms with Crippen molar-refractivity contribution in [3.63, 3.8) is 0 Å². The zero-order chi connectivity index (χ0) is 18.3. The second-order valence-corrected chi connectivity index (χ2v) is 8.11. The standard InChI is InChI=1S/C18H13BrN4O2S/c1-24-10-4-2-9(3-5-10)16-15-14(12-6-7-13(19)26-12)11(8-20)17(21)25-18(15)23-22-16/h2-7,14H,21H2,1H3,(H,22,23). The summed E-state index contributed by atoms with van der Waals surface area (Å²) in [6.45, 7) is 0. The average Bonchev–Trinajstić information content (AvgIpc) is 3.26. The molecule has 6 nitrogen and oxygen atoms in total. The van der Waals surface area contributed by atoms with Gasteiger partial charge in [0.05, 0.1) is 28.1 Å². The highest BCUT2D eigenvalue weighted by Crippen LogP contribution is 2.47. The monoisotopic (exact) mass is 428 g/mol. The molecule has 0 radical (unpaired) electrons. The van der Waals surface area contributed by atoms with Gasteiger partial charge in [-0.05, 0) is 52.3 Å². The van der Waals surface area contributed by atoms with Crippen LogP contribution in [0.3, 0.4) is 0 Å². The Balaban J connectivity index is 1.90. The van der Waals surface area contributed by atoms with Gasteiger partial charge in [0.25, 0.3) is 0 Å². The Bertz CT molecular complexity index is 1050. The van der Waals surface area contributed by atoms with Crippen LogP contribution in [0.5, 0.6) is 11.6 Å². The quantitative estimate of drug-likeness (QED) is 0.653. The number of fused-ring (bicyclic) bond motifs is 1. The molecule has 1 atom stereocenters. The number of hydrogen-bond donors (Lipinski definition) is 2. The number of nitrogens with two attached hydrogens (primary N) is 1. The third kappa shape index (κ3) is 2.66. The summed E-state index contributed by atoms with van der Waals surface area (Å²) < 4.78 is 11.8. The van der Waals surface area contributed by atoms with Crippen molar-refractivity contribution < 1.29 is 9.47 Å². The number of methoxy groups -OCH3 is 1. The van der Waals surface area contributed by atoms with Gasteiger partial charge in [0.1, 0.15) is 17.4 Å². The van der Waals surface area contributed by atoms with Crippen LogP contribution >= 0.6 is 27.3 Å². The van der Waals surface area contributed by atoms with Gasteiger partial charge in [-0.3, -0.25) is 5.10 Å². The smallest absolute Gasteiger partial charge is 0.244 e. The summed E-state index contributed by atoms with van der Waals surface area (Å²) in [5, 5.41) is 17.0. The lowest BCUT2D eigenvalue weighted by molar-refractivity contribution is 0.379. The van der Waals surface area contributed by atoms with E-state index in [4.69, 9.17) is 15.2 Å². The van der Waals surface area contributed by atoms with Gasteiger partial charge in [0, 0.05) is 10.4 Å². The summed E-state index contributed by atoms with van der Waals surface area (Å²) >= 11 is 5.04. The number of benzene rings is 1. The van der Waals surface area contributed by atoms with E-state index in [9.17, 15) is 5.26 Å². The van der Waals surface area contributed by atoms with Crippen LogP contribution in [-0.2, 0) is 0 Å². The molecular weight excluding hydrogens is 416 g/mol. The molecule has 0 spiro atoms. The minimum Gasteiger partial charge on any atom is -0.497 e. The number of nitrogens with zero attached hydrogens (tertiary/aromatic N) is 2. The van der Waals surface area contributed by atoms with Crippen LogP contribution in [0.4, 0.5) is 0 Å². The first kappa shape index (κ1) is 16.7. The molecule has 1 aromatic carbocycles. The van der Waals surface area contributed by atoms with Crippen LogP contribution in [0.25, 0.3) is 11.3 Å². The maximum absolute atomic E-state index is 9.67. The number of H-pyrrole nitrogens is 1. The molecule has 0 saturated heterocycles. The first-order valence-electron chi connectivity index (χ1n) is 7.68. The Labute approximate surface area is 162 Å². The molecule has 0 fully saturated rings. The molecule has 0 amide bonds. The molecule has 3 heterocycles. The van der Waals surface area contributed by atoms with Crippen LogP contribution in [0.15, 0.2) is 51.6 Å². The van der Waals surface area contributed by atoms with E-state index in [0.717, 1.165) is 31.2 Å². The molecule has 1 aliphatic rings. The Morgan fingerprint density at radius 1 is 1.31 bits per heavy atom. The number of nitriles is 1. The summed E-state index contributed by atoms with van der Waals surface area (Å²) in [6, 6.07) is 13.7. The van der Waals surface area contributed by atoms with Gasteiger partial charge in [-0.1, -0.05) is 0 Å². The fourth-order valence-electron chi connectivity index (χ4n) is 2.99. The molecule has 130 valence electrons. The number of rotatable bonds is 3. The number of thiophene rings is 1. The summed E-state index contributed by atoms with van der Waals surface area (Å²) in [6.07, 6.45) is 0. The number of halogens is 1. The van der Waals surface area contributed by atoms with Crippen molar-refractivity contribution in [1.29, 1.82) is 5.26 Å². The molecule has 3 N–H and O–H groups in total. The summed E-state index contributed by atoms with van der Waals surface area (Å²) in [7, 11) is 1.62. The second-order valence-electron chi connectivity index (χ2n) is 5.61. The fourth-order valence-corrected chi connectivity index (χ4v) is 4.53. The molecular formula is C18H13BrN4O2S. The molecule has 2 aromatic heterocycles. The highest BCUT2D eigenvalue weighted by atomic mass is 79.9. The van der Waals surface area contributed by atoms with Crippen molar-refractivity contribution >= 4 is 27.3 Å². The van der Waals surface area contributed by atoms with E-state index >= 15 is 0 Å². The van der Waals surface area contributed by atoms with Gasteiger partial charge in [0.2, 0.25) is 11.8 Å². The lowest BCUT2D eigenvalue weighted by atomic mass is 9.87. The molecule has 1 aliphatic heterocycles. The van der Waals surface area contributed by atoms with Gasteiger partial charge in [-0.2, -0.15) is 5.26 Å². The van der Waals surface area contributed by atoms with Crippen molar-refractivity contribution in [2.24, 2.45) is 5.73 Å². The van der Waals surface area contributed by atoms with Gasteiger partial charge >= 0.3 is 0 Å². The van der Waals surface area contributed by atoms with E-state index < -0.39 is 0 Å². The van der Waals surface area contributed by atoms with Crippen LogP contribution in [0, 0.1) is 11.3 Å². The van der Waals surface area contributed by atoms with Crippen LogP contribution < -0.4 is 15.2 Å². The number of aromatic nitrogens is 2. The van der Waals surface area contributed by atoms with Crippen LogP contribution in [0.1, 0.15) is 16.4 Å². The Morgan fingerprint density at radius 3 is 2.69 bits per heavy atom. The predicted molar refractivity (Wildman–Crippen MR) is 102 cm³/mol. The topological polar surface area (TPSA) is 97.0 Å². The lowest BCUT2D eigenvalue weighted by Gasteiger charge is -2.22. The highest BCUT2D eigenvalue weighted by molar-refractivity contribution is 9.11. The number of aromatic amines is 1. The molecule has 3 aromatic rings. The van der Waals surface area contributed by atoms with Gasteiger partial charge < -0.3 is 15.2 Å². The average molecular weight is 429 g/mol. The zero-order valence-electron chi connectivity index (χ0n) is 13.6. The first-order chi connectivity index (χ1) is 12.6. The van der Waals surface area contributed by atoms with Crippen molar-refractivity contribution in [3.05, 3.63) is 62.1 Å². The number of nitrogens with one attached hydrogen (secondary N) is 1. The molecule has 0 saturated carbocycles. The fraction of sp³-hybridized carbons (Fsp3) is 0.111. The number of allylic oxidation sites excluding steroid dienone is 1. The summed E-state index contributed by atoms with van der Waals surface area (Å²) in [5.41, 5.74) is 8.87. The molecule has 0 aliphatic carbocycles. The molecule has 4 rings (SSSR count). The Morgan fingerprint density at radius 2 is 2.08 bits per heavy atom. The third-order valence-corrected chi connectivity index (χ3v) is 5.88. The maximum atomic E-state index is 9.67. The van der Waals surface area contributed by atoms with Crippen molar-refractivity contribution in [2.75, 3.05) is 7.11 Å². The normalized spacial score (nSPS) is 16.0. The van der Waals surface area contributed by atoms with E-state index in [0.29, 0.717) is 11.5 Å². The number of hydrogen-bond acceptors (Lipinski definition) is 6. The molecule has 8 heteroatoms.